The molecule has 0 bridgehead atoms. The Morgan fingerprint density at radius 1 is 0.929 bits per heavy atom. The normalized spacial score (nSPS) is 12.7. The maximum absolute atomic E-state index is 14.5. The molecule has 3 rings (SSSR count). The molecule has 2 atom stereocenters. The predicted molar refractivity (Wildman–Crippen MR) is 169 cm³/mol. The SMILES string of the molecule is C=Cc1cccc(C(C(=O)Nc2c(C)cccc2C)N(C(=O)C(Cc2ccccc2)NC(=O)OC(C)(C)C)C(C)C)c1. The van der Waals surface area contributed by atoms with E-state index in [1.165, 1.54) is 0 Å². The number of hydrogen-bond acceptors (Lipinski definition) is 4. The Kier molecular flexibility index (Phi) is 10.7. The number of nitrogens with one attached hydrogen (secondary N) is 2. The second kappa shape index (κ2) is 14.0. The highest BCUT2D eigenvalue weighted by Crippen LogP contribution is 2.29. The Morgan fingerprint density at radius 2 is 1.55 bits per heavy atom. The molecule has 0 fully saturated rings. The van der Waals surface area contributed by atoms with Crippen LogP contribution in [-0.2, 0) is 20.7 Å². The lowest BCUT2D eigenvalue weighted by Gasteiger charge is -2.37. The summed E-state index contributed by atoms with van der Waals surface area (Å²) in [6, 6.07) is 20.3. The summed E-state index contributed by atoms with van der Waals surface area (Å²) >= 11 is 0. The van der Waals surface area contributed by atoms with Crippen molar-refractivity contribution in [2.45, 2.75) is 78.6 Å². The van der Waals surface area contributed by atoms with Gasteiger partial charge in [-0.3, -0.25) is 9.59 Å². The van der Waals surface area contributed by atoms with E-state index in [0.717, 1.165) is 22.3 Å². The van der Waals surface area contributed by atoms with E-state index in [0.29, 0.717) is 11.3 Å². The molecule has 3 aromatic rings. The third-order valence-corrected chi connectivity index (χ3v) is 6.80. The molecule has 3 amide bonds. The van der Waals surface area contributed by atoms with E-state index in [1.807, 2.05) is 100 Å². The van der Waals surface area contributed by atoms with E-state index in [4.69, 9.17) is 4.74 Å². The monoisotopic (exact) mass is 569 g/mol. The van der Waals surface area contributed by atoms with Crippen molar-refractivity contribution in [1.82, 2.24) is 10.2 Å². The van der Waals surface area contributed by atoms with Crippen LogP contribution in [0, 0.1) is 13.8 Å². The Labute approximate surface area is 250 Å². The number of aryl methyl sites for hydroxylation is 2. The molecular formula is C35H43N3O4. The van der Waals surface area contributed by atoms with E-state index in [-0.39, 0.29) is 12.3 Å². The fraction of sp³-hybridized carbons (Fsp3) is 0.343. The number of anilines is 1. The van der Waals surface area contributed by atoms with Gasteiger partial charge in [-0.15, -0.1) is 0 Å². The second-order valence-corrected chi connectivity index (χ2v) is 11.8. The van der Waals surface area contributed by atoms with Gasteiger partial charge in [0.2, 0.25) is 5.91 Å². The maximum Gasteiger partial charge on any atom is 0.408 e. The van der Waals surface area contributed by atoms with Gasteiger partial charge in [0.05, 0.1) is 0 Å². The Hall–Kier alpha value is -4.39. The van der Waals surface area contributed by atoms with Crippen LogP contribution in [0.15, 0.2) is 79.4 Å². The maximum atomic E-state index is 14.5. The van der Waals surface area contributed by atoms with Gasteiger partial charge in [0.15, 0.2) is 0 Å². The summed E-state index contributed by atoms with van der Waals surface area (Å²) < 4.78 is 5.51. The number of benzene rings is 3. The third-order valence-electron chi connectivity index (χ3n) is 6.80. The van der Waals surface area contributed by atoms with Crippen molar-refractivity contribution < 1.29 is 19.1 Å². The zero-order valence-electron chi connectivity index (χ0n) is 25.7. The van der Waals surface area contributed by atoms with Crippen LogP contribution in [0.4, 0.5) is 10.5 Å². The summed E-state index contributed by atoms with van der Waals surface area (Å²) in [7, 11) is 0. The van der Waals surface area contributed by atoms with Crippen LogP contribution in [-0.4, -0.2) is 40.5 Å². The summed E-state index contributed by atoms with van der Waals surface area (Å²) in [5.74, 6) is -0.753. The average Bonchev–Trinajstić information content (AvgIpc) is 2.92. The summed E-state index contributed by atoms with van der Waals surface area (Å²) in [4.78, 5) is 43.2. The molecule has 3 aromatic carbocycles. The third kappa shape index (κ3) is 8.56. The van der Waals surface area contributed by atoms with Crippen LogP contribution in [0.1, 0.15) is 68.5 Å². The molecule has 0 saturated carbocycles. The molecule has 0 saturated heterocycles. The van der Waals surface area contributed by atoms with Crippen molar-refractivity contribution in [3.63, 3.8) is 0 Å². The van der Waals surface area contributed by atoms with Gasteiger partial charge in [-0.2, -0.15) is 0 Å². The van der Waals surface area contributed by atoms with Crippen molar-refractivity contribution in [3.8, 4) is 0 Å². The number of carbonyl (C=O) groups excluding carboxylic acids is 3. The number of hydrogen-bond donors (Lipinski definition) is 2. The molecule has 0 aliphatic carbocycles. The standard InChI is InChI=1S/C35H43N3O4/c1-9-26-19-14-20-28(21-26)31(32(39)37-30-24(4)15-13-16-25(30)5)38(23(2)3)33(40)29(22-27-17-11-10-12-18-27)36-34(41)42-35(6,7)8/h9-21,23,29,31H,1,22H2,2-8H3,(H,36,41)(H,37,39). The van der Waals surface area contributed by atoms with E-state index < -0.39 is 35.7 Å². The summed E-state index contributed by atoms with van der Waals surface area (Å²) in [6.45, 7) is 16.8. The van der Waals surface area contributed by atoms with Crippen LogP contribution >= 0.6 is 0 Å². The van der Waals surface area contributed by atoms with Crippen LogP contribution in [0.5, 0.6) is 0 Å². The summed E-state index contributed by atoms with van der Waals surface area (Å²) in [5.41, 5.74) is 4.10. The topological polar surface area (TPSA) is 87.7 Å². The minimum atomic E-state index is -0.991. The van der Waals surface area contributed by atoms with Crippen molar-refractivity contribution in [3.05, 3.63) is 107 Å². The number of amides is 3. The van der Waals surface area contributed by atoms with Crippen molar-refractivity contribution in [1.29, 1.82) is 0 Å². The molecule has 0 aliphatic rings. The van der Waals surface area contributed by atoms with Crippen molar-refractivity contribution in [2.75, 3.05) is 5.32 Å². The first-order valence-corrected chi connectivity index (χ1v) is 14.3. The molecule has 0 aliphatic heterocycles. The number of carbonyl (C=O) groups is 3. The molecule has 2 unspecified atom stereocenters. The number of alkyl carbamates (subject to hydrolysis) is 1. The first-order chi connectivity index (χ1) is 19.8. The van der Waals surface area contributed by atoms with E-state index >= 15 is 0 Å². The first-order valence-electron chi connectivity index (χ1n) is 14.3. The van der Waals surface area contributed by atoms with Gasteiger partial charge in [0.25, 0.3) is 5.91 Å². The van der Waals surface area contributed by atoms with Crippen molar-refractivity contribution >= 4 is 29.7 Å². The average molecular weight is 570 g/mol. The van der Waals surface area contributed by atoms with Crippen molar-refractivity contribution in [2.24, 2.45) is 0 Å². The number of para-hydroxylation sites is 1. The number of nitrogens with zero attached hydrogens (tertiary/aromatic N) is 1. The van der Waals surface area contributed by atoms with Gasteiger partial charge in [0.1, 0.15) is 17.7 Å². The highest BCUT2D eigenvalue weighted by atomic mass is 16.6. The molecule has 42 heavy (non-hydrogen) atoms. The predicted octanol–water partition coefficient (Wildman–Crippen LogP) is 7.00. The Balaban J connectivity index is 2.10. The largest absolute Gasteiger partial charge is 0.444 e. The van der Waals surface area contributed by atoms with Crippen LogP contribution in [0.3, 0.4) is 0 Å². The van der Waals surface area contributed by atoms with E-state index in [9.17, 15) is 14.4 Å². The molecule has 7 heteroatoms. The lowest BCUT2D eigenvalue weighted by molar-refractivity contribution is -0.142. The van der Waals surface area contributed by atoms with Gasteiger partial charge in [0, 0.05) is 18.2 Å². The van der Waals surface area contributed by atoms with Crippen LogP contribution in [0.2, 0.25) is 0 Å². The fourth-order valence-corrected chi connectivity index (χ4v) is 4.86. The lowest BCUT2D eigenvalue weighted by Crippen LogP contribution is -2.55. The molecule has 0 spiro atoms. The quantitative estimate of drug-likeness (QED) is 0.275. The molecule has 0 heterocycles. The van der Waals surface area contributed by atoms with Crippen LogP contribution in [0.25, 0.3) is 6.08 Å². The first kappa shape index (κ1) is 32.1. The minimum absolute atomic E-state index is 0.222. The van der Waals surface area contributed by atoms with Gasteiger partial charge in [-0.05, 0) is 82.3 Å². The molecule has 2 N–H and O–H groups in total. The zero-order chi connectivity index (χ0) is 31.0. The lowest BCUT2D eigenvalue weighted by atomic mass is 9.97. The second-order valence-electron chi connectivity index (χ2n) is 11.8. The zero-order valence-corrected chi connectivity index (χ0v) is 25.7. The van der Waals surface area contributed by atoms with Gasteiger partial charge in [-0.1, -0.05) is 79.4 Å². The minimum Gasteiger partial charge on any atom is -0.444 e. The highest BCUT2D eigenvalue weighted by Gasteiger charge is 2.38. The molecule has 222 valence electrons. The highest BCUT2D eigenvalue weighted by molar-refractivity contribution is 6.00. The number of rotatable bonds is 10. The fourth-order valence-electron chi connectivity index (χ4n) is 4.86. The number of ether oxygens (including phenoxy) is 1. The Morgan fingerprint density at radius 3 is 2.12 bits per heavy atom. The van der Waals surface area contributed by atoms with E-state index in [1.54, 1.807) is 31.7 Å². The molecular weight excluding hydrogens is 526 g/mol. The van der Waals surface area contributed by atoms with E-state index in [2.05, 4.69) is 17.2 Å². The van der Waals surface area contributed by atoms with Gasteiger partial charge in [-0.25, -0.2) is 4.79 Å². The van der Waals surface area contributed by atoms with Gasteiger partial charge >= 0.3 is 6.09 Å². The Bertz CT molecular complexity index is 1390. The molecule has 0 aromatic heterocycles. The summed E-state index contributed by atoms with van der Waals surface area (Å²) in [6.07, 6.45) is 1.22. The van der Waals surface area contributed by atoms with Gasteiger partial charge < -0.3 is 20.3 Å². The molecule has 0 radical (unpaired) electrons. The molecule has 7 nitrogen and oxygen atoms in total. The van der Waals surface area contributed by atoms with Crippen LogP contribution < -0.4 is 10.6 Å². The smallest absolute Gasteiger partial charge is 0.408 e. The summed E-state index contributed by atoms with van der Waals surface area (Å²) in [5, 5.41) is 5.89.